The van der Waals surface area contributed by atoms with Crippen LogP contribution in [-0.2, 0) is 4.79 Å². The van der Waals surface area contributed by atoms with Crippen molar-refractivity contribution in [3.63, 3.8) is 0 Å². The Morgan fingerprint density at radius 3 is 2.77 bits per heavy atom. The van der Waals surface area contributed by atoms with E-state index in [0.717, 1.165) is 23.3 Å². The summed E-state index contributed by atoms with van der Waals surface area (Å²) in [7, 11) is 0. The van der Waals surface area contributed by atoms with E-state index < -0.39 is 11.6 Å². The highest BCUT2D eigenvalue weighted by Gasteiger charge is 2.35. The first kappa shape index (κ1) is 16.4. The molecule has 1 atom stereocenters. The van der Waals surface area contributed by atoms with E-state index in [1.807, 2.05) is 31.2 Å². The maximum absolute atomic E-state index is 14.0. The van der Waals surface area contributed by atoms with Crippen LogP contribution in [0.1, 0.15) is 23.7 Å². The molecule has 2 heterocycles. The van der Waals surface area contributed by atoms with E-state index in [4.69, 9.17) is 4.52 Å². The Bertz CT molecular complexity index is 986. The lowest BCUT2D eigenvalue weighted by atomic mass is 10.1. The summed E-state index contributed by atoms with van der Waals surface area (Å²) in [6, 6.07) is 10.8. The summed E-state index contributed by atoms with van der Waals surface area (Å²) in [5, 5.41) is 4.00. The Hall–Kier alpha value is -3.09. The Kier molecular flexibility index (Phi) is 3.99. The van der Waals surface area contributed by atoms with Crippen LogP contribution in [0, 0.1) is 18.6 Å². The quantitative estimate of drug-likeness (QED) is 0.716. The molecule has 1 aromatic heterocycles. The molecule has 1 amide bonds. The molecule has 2 aromatic carbocycles. The van der Waals surface area contributed by atoms with Crippen molar-refractivity contribution < 1.29 is 18.1 Å². The number of carbonyl (C=O) groups excluding carboxylic acids is 1. The van der Waals surface area contributed by atoms with Gasteiger partial charge in [-0.3, -0.25) is 4.79 Å². The van der Waals surface area contributed by atoms with Gasteiger partial charge < -0.3 is 9.42 Å². The van der Waals surface area contributed by atoms with Gasteiger partial charge in [0.2, 0.25) is 5.91 Å². The van der Waals surface area contributed by atoms with E-state index in [9.17, 15) is 13.6 Å². The molecule has 1 saturated heterocycles. The van der Waals surface area contributed by atoms with Gasteiger partial charge in [-0.15, -0.1) is 0 Å². The molecule has 7 heteroatoms. The molecule has 0 bridgehead atoms. The number of amides is 1. The summed E-state index contributed by atoms with van der Waals surface area (Å²) in [5.74, 6) is -1.24. The standard InChI is InChI=1S/C19H15F2N3O2/c1-11-4-2-3-5-14(11)19-22-18(23-26-19)12-8-17(25)24(10-12)16-7-6-13(20)9-15(16)21/h2-7,9,12H,8,10H2,1H3. The zero-order valence-corrected chi connectivity index (χ0v) is 13.9. The Balaban J connectivity index is 1.59. The highest BCUT2D eigenvalue weighted by Crippen LogP contribution is 2.33. The molecule has 1 fully saturated rings. The fourth-order valence-corrected chi connectivity index (χ4v) is 3.14. The molecule has 1 aliphatic rings. The maximum Gasteiger partial charge on any atom is 0.258 e. The Morgan fingerprint density at radius 1 is 1.19 bits per heavy atom. The van der Waals surface area contributed by atoms with E-state index in [1.165, 1.54) is 11.0 Å². The van der Waals surface area contributed by atoms with Crippen molar-refractivity contribution in [1.82, 2.24) is 10.1 Å². The molecule has 0 radical (unpaired) electrons. The zero-order valence-electron chi connectivity index (χ0n) is 13.9. The number of benzene rings is 2. The van der Waals surface area contributed by atoms with Gasteiger partial charge in [-0.25, -0.2) is 8.78 Å². The number of carbonyl (C=O) groups is 1. The van der Waals surface area contributed by atoms with E-state index >= 15 is 0 Å². The third-order valence-electron chi connectivity index (χ3n) is 4.51. The van der Waals surface area contributed by atoms with Gasteiger partial charge in [0.1, 0.15) is 11.6 Å². The van der Waals surface area contributed by atoms with E-state index in [-0.39, 0.29) is 30.5 Å². The summed E-state index contributed by atoms with van der Waals surface area (Å²) < 4.78 is 32.4. The fourth-order valence-electron chi connectivity index (χ4n) is 3.14. The van der Waals surface area contributed by atoms with Gasteiger partial charge in [-0.1, -0.05) is 23.4 Å². The lowest BCUT2D eigenvalue weighted by molar-refractivity contribution is -0.117. The second-order valence-corrected chi connectivity index (χ2v) is 6.27. The average Bonchev–Trinajstić information content (AvgIpc) is 3.22. The number of hydrogen-bond acceptors (Lipinski definition) is 4. The Morgan fingerprint density at radius 2 is 2.00 bits per heavy atom. The van der Waals surface area contributed by atoms with Crippen molar-refractivity contribution in [2.45, 2.75) is 19.3 Å². The summed E-state index contributed by atoms with van der Waals surface area (Å²) >= 11 is 0. The minimum absolute atomic E-state index is 0.0570. The van der Waals surface area contributed by atoms with Crippen LogP contribution in [0.25, 0.3) is 11.5 Å². The first-order valence-corrected chi connectivity index (χ1v) is 8.18. The smallest absolute Gasteiger partial charge is 0.258 e. The fraction of sp³-hybridized carbons (Fsp3) is 0.211. The molecule has 1 aliphatic heterocycles. The second kappa shape index (κ2) is 6.33. The third-order valence-corrected chi connectivity index (χ3v) is 4.51. The zero-order chi connectivity index (χ0) is 18.3. The number of halogens is 2. The molecule has 132 valence electrons. The predicted octanol–water partition coefficient (Wildman–Crippen LogP) is 3.84. The molecule has 26 heavy (non-hydrogen) atoms. The molecule has 4 rings (SSSR count). The molecule has 0 N–H and O–H groups in total. The van der Waals surface area contributed by atoms with Gasteiger partial charge in [0, 0.05) is 30.5 Å². The molecule has 3 aromatic rings. The van der Waals surface area contributed by atoms with Crippen LogP contribution in [0.4, 0.5) is 14.5 Å². The molecule has 0 saturated carbocycles. The van der Waals surface area contributed by atoms with Crippen molar-refractivity contribution >= 4 is 11.6 Å². The topological polar surface area (TPSA) is 59.2 Å². The van der Waals surface area contributed by atoms with Gasteiger partial charge in [-0.2, -0.15) is 4.98 Å². The first-order valence-electron chi connectivity index (χ1n) is 8.18. The van der Waals surface area contributed by atoms with Crippen molar-refractivity contribution in [1.29, 1.82) is 0 Å². The maximum atomic E-state index is 14.0. The minimum Gasteiger partial charge on any atom is -0.334 e. The third kappa shape index (κ3) is 2.85. The molecule has 0 aliphatic carbocycles. The highest BCUT2D eigenvalue weighted by atomic mass is 19.1. The van der Waals surface area contributed by atoms with Gasteiger partial charge >= 0.3 is 0 Å². The van der Waals surface area contributed by atoms with Gasteiger partial charge in [0.15, 0.2) is 5.82 Å². The van der Waals surface area contributed by atoms with Gasteiger partial charge in [0.25, 0.3) is 5.89 Å². The van der Waals surface area contributed by atoms with Crippen molar-refractivity contribution in [2.75, 3.05) is 11.4 Å². The molecular weight excluding hydrogens is 340 g/mol. The van der Waals surface area contributed by atoms with Crippen LogP contribution in [0.3, 0.4) is 0 Å². The minimum atomic E-state index is -0.771. The predicted molar refractivity (Wildman–Crippen MR) is 90.5 cm³/mol. The number of nitrogens with zero attached hydrogens (tertiary/aromatic N) is 3. The number of aromatic nitrogens is 2. The number of aryl methyl sites for hydroxylation is 1. The summed E-state index contributed by atoms with van der Waals surface area (Å²) in [5.41, 5.74) is 1.89. The van der Waals surface area contributed by atoms with E-state index in [1.54, 1.807) is 0 Å². The normalized spacial score (nSPS) is 17.1. The van der Waals surface area contributed by atoms with Crippen LogP contribution in [0.5, 0.6) is 0 Å². The van der Waals surface area contributed by atoms with Gasteiger partial charge in [0.05, 0.1) is 5.69 Å². The first-order chi connectivity index (χ1) is 12.5. The number of anilines is 1. The lowest BCUT2D eigenvalue weighted by Crippen LogP contribution is -2.25. The highest BCUT2D eigenvalue weighted by molar-refractivity contribution is 5.96. The SMILES string of the molecule is Cc1ccccc1-c1nc(C2CC(=O)N(c3ccc(F)cc3F)C2)no1. The molecule has 5 nitrogen and oxygen atoms in total. The van der Waals surface area contributed by atoms with E-state index in [2.05, 4.69) is 10.1 Å². The number of rotatable bonds is 3. The van der Waals surface area contributed by atoms with E-state index in [0.29, 0.717) is 11.7 Å². The molecule has 0 spiro atoms. The lowest BCUT2D eigenvalue weighted by Gasteiger charge is -2.16. The van der Waals surface area contributed by atoms with Crippen LogP contribution >= 0.6 is 0 Å². The largest absolute Gasteiger partial charge is 0.334 e. The van der Waals surface area contributed by atoms with Crippen LogP contribution < -0.4 is 4.90 Å². The summed E-state index contributed by atoms with van der Waals surface area (Å²) in [4.78, 5) is 18.0. The summed E-state index contributed by atoms with van der Waals surface area (Å²) in [6.07, 6.45) is 0.142. The Labute approximate surface area is 148 Å². The van der Waals surface area contributed by atoms with Crippen molar-refractivity contribution in [3.8, 4) is 11.5 Å². The van der Waals surface area contributed by atoms with Crippen LogP contribution in [0.2, 0.25) is 0 Å². The monoisotopic (exact) mass is 355 g/mol. The summed E-state index contributed by atoms with van der Waals surface area (Å²) in [6.45, 7) is 2.16. The van der Waals surface area contributed by atoms with Crippen LogP contribution in [0.15, 0.2) is 47.0 Å². The van der Waals surface area contributed by atoms with Gasteiger partial charge in [-0.05, 0) is 30.7 Å². The van der Waals surface area contributed by atoms with Crippen LogP contribution in [-0.4, -0.2) is 22.6 Å². The number of hydrogen-bond donors (Lipinski definition) is 0. The van der Waals surface area contributed by atoms with Crippen molar-refractivity contribution in [2.24, 2.45) is 0 Å². The van der Waals surface area contributed by atoms with Crippen molar-refractivity contribution in [3.05, 3.63) is 65.5 Å². The molecule has 1 unspecified atom stereocenters. The average molecular weight is 355 g/mol. The second-order valence-electron chi connectivity index (χ2n) is 6.27. The molecular formula is C19H15F2N3O2.